The van der Waals surface area contributed by atoms with E-state index in [1.54, 1.807) is 43.8 Å². The minimum Gasteiger partial charge on any atom is -0.318 e. The Morgan fingerprint density at radius 1 is 0.957 bits per heavy atom. The molecule has 7 nitrogen and oxygen atoms in total. The summed E-state index contributed by atoms with van der Waals surface area (Å²) in [5.41, 5.74) is 2.56. The number of nitro groups is 1. The standard InChI is InChI=1S/C16H12N4O3/c1-19-10-12(4-7-14(19)21)16-15(17-8-9-18-16)11-2-5-13(6-3-11)20(22)23/h2-10H,1H3. The zero-order chi connectivity index (χ0) is 16.4. The quantitative estimate of drug-likeness (QED) is 0.547. The van der Waals surface area contributed by atoms with Crippen LogP contribution in [0.3, 0.4) is 0 Å². The largest absolute Gasteiger partial charge is 0.318 e. The van der Waals surface area contributed by atoms with Gasteiger partial charge in [0.15, 0.2) is 0 Å². The average Bonchev–Trinajstić information content (AvgIpc) is 2.57. The highest BCUT2D eigenvalue weighted by Crippen LogP contribution is 2.28. The van der Waals surface area contributed by atoms with Gasteiger partial charge in [0.05, 0.1) is 16.3 Å². The third kappa shape index (κ3) is 2.84. The molecule has 2 aromatic heterocycles. The molecule has 0 saturated heterocycles. The first-order chi connectivity index (χ1) is 11.1. The van der Waals surface area contributed by atoms with Crippen LogP contribution in [0.4, 0.5) is 5.69 Å². The maximum Gasteiger partial charge on any atom is 0.269 e. The van der Waals surface area contributed by atoms with Crippen molar-refractivity contribution in [2.45, 2.75) is 0 Å². The van der Waals surface area contributed by atoms with Gasteiger partial charge in [0.1, 0.15) is 0 Å². The maximum atomic E-state index is 11.5. The maximum absolute atomic E-state index is 11.5. The predicted molar refractivity (Wildman–Crippen MR) is 84.8 cm³/mol. The summed E-state index contributed by atoms with van der Waals surface area (Å²) in [5.74, 6) is 0. The number of rotatable bonds is 3. The van der Waals surface area contributed by atoms with Crippen molar-refractivity contribution < 1.29 is 4.92 Å². The Morgan fingerprint density at radius 3 is 2.09 bits per heavy atom. The number of non-ortho nitro benzene ring substituents is 1. The van der Waals surface area contributed by atoms with Gasteiger partial charge in [0.2, 0.25) is 5.56 Å². The van der Waals surface area contributed by atoms with Crippen LogP contribution in [0.5, 0.6) is 0 Å². The van der Waals surface area contributed by atoms with Crippen molar-refractivity contribution in [3.8, 4) is 22.5 Å². The molecule has 0 amide bonds. The highest BCUT2D eigenvalue weighted by atomic mass is 16.6. The molecule has 0 saturated carbocycles. The molecule has 7 heteroatoms. The van der Waals surface area contributed by atoms with E-state index in [0.29, 0.717) is 17.0 Å². The van der Waals surface area contributed by atoms with Gasteiger partial charge in [-0.2, -0.15) is 0 Å². The number of benzene rings is 1. The summed E-state index contributed by atoms with van der Waals surface area (Å²) in [4.78, 5) is 30.5. The van der Waals surface area contributed by atoms with Crippen molar-refractivity contribution in [3.05, 3.63) is 75.5 Å². The van der Waals surface area contributed by atoms with Crippen molar-refractivity contribution in [2.24, 2.45) is 7.05 Å². The molecule has 0 aliphatic carbocycles. The molecule has 2 heterocycles. The third-order valence-electron chi connectivity index (χ3n) is 3.41. The van der Waals surface area contributed by atoms with Crippen LogP contribution in [0.1, 0.15) is 0 Å². The first-order valence-corrected chi connectivity index (χ1v) is 6.79. The highest BCUT2D eigenvalue weighted by Gasteiger charge is 2.12. The number of nitro benzene ring substituents is 1. The van der Waals surface area contributed by atoms with E-state index in [9.17, 15) is 14.9 Å². The number of hydrogen-bond acceptors (Lipinski definition) is 5. The minimum atomic E-state index is -0.450. The Hall–Kier alpha value is -3.35. The monoisotopic (exact) mass is 308 g/mol. The van der Waals surface area contributed by atoms with Crippen LogP contribution < -0.4 is 5.56 Å². The van der Waals surface area contributed by atoms with Gasteiger partial charge in [-0.1, -0.05) is 0 Å². The lowest BCUT2D eigenvalue weighted by atomic mass is 10.1. The summed E-state index contributed by atoms with van der Waals surface area (Å²) in [6, 6.07) is 9.26. The zero-order valence-electron chi connectivity index (χ0n) is 12.2. The third-order valence-corrected chi connectivity index (χ3v) is 3.41. The molecule has 0 radical (unpaired) electrons. The van der Waals surface area contributed by atoms with Gasteiger partial charge in [-0.3, -0.25) is 24.9 Å². The Morgan fingerprint density at radius 2 is 1.52 bits per heavy atom. The molecule has 3 rings (SSSR count). The second-order valence-corrected chi connectivity index (χ2v) is 4.92. The highest BCUT2D eigenvalue weighted by molar-refractivity contribution is 5.77. The lowest BCUT2D eigenvalue weighted by Gasteiger charge is -2.08. The first kappa shape index (κ1) is 14.6. The van der Waals surface area contributed by atoms with Crippen molar-refractivity contribution in [3.63, 3.8) is 0 Å². The number of aryl methyl sites for hydroxylation is 1. The Kier molecular flexibility index (Phi) is 3.68. The number of hydrogen-bond donors (Lipinski definition) is 0. The molecule has 0 aliphatic heterocycles. The minimum absolute atomic E-state index is 0.0151. The molecule has 23 heavy (non-hydrogen) atoms. The van der Waals surface area contributed by atoms with Gasteiger partial charge in [-0.15, -0.1) is 0 Å². The molecule has 114 valence electrons. The SMILES string of the molecule is Cn1cc(-c2nccnc2-c2ccc([N+](=O)[O-])cc2)ccc1=O. The second-order valence-electron chi connectivity index (χ2n) is 4.92. The van der Waals surface area contributed by atoms with Gasteiger partial charge in [-0.25, -0.2) is 0 Å². The Labute approximate surface area is 131 Å². The van der Waals surface area contributed by atoms with Gasteiger partial charge in [0, 0.05) is 55.0 Å². The van der Waals surface area contributed by atoms with Crippen molar-refractivity contribution in [1.82, 2.24) is 14.5 Å². The molecular formula is C16H12N4O3. The first-order valence-electron chi connectivity index (χ1n) is 6.79. The Balaban J connectivity index is 2.12. The van der Waals surface area contributed by atoms with Crippen LogP contribution in [-0.4, -0.2) is 19.5 Å². The summed E-state index contributed by atoms with van der Waals surface area (Å²) in [6.45, 7) is 0. The number of pyridine rings is 1. The van der Waals surface area contributed by atoms with E-state index in [-0.39, 0.29) is 11.2 Å². The molecule has 0 atom stereocenters. The van der Waals surface area contributed by atoms with Gasteiger partial charge in [0.25, 0.3) is 5.69 Å². The molecule has 0 fully saturated rings. The van der Waals surface area contributed by atoms with Gasteiger partial charge in [-0.05, 0) is 18.2 Å². The van der Waals surface area contributed by atoms with Crippen molar-refractivity contribution in [2.75, 3.05) is 0 Å². The molecule has 0 spiro atoms. The van der Waals surface area contributed by atoms with E-state index in [1.165, 1.54) is 22.8 Å². The van der Waals surface area contributed by atoms with E-state index in [0.717, 1.165) is 5.56 Å². The zero-order valence-corrected chi connectivity index (χ0v) is 12.2. The molecule has 3 aromatic rings. The normalized spacial score (nSPS) is 10.5. The summed E-state index contributed by atoms with van der Waals surface area (Å²) >= 11 is 0. The molecule has 1 aromatic carbocycles. The van der Waals surface area contributed by atoms with Crippen LogP contribution in [0.2, 0.25) is 0 Å². The smallest absolute Gasteiger partial charge is 0.269 e. The second kappa shape index (κ2) is 5.80. The summed E-state index contributed by atoms with van der Waals surface area (Å²) in [6.07, 6.45) is 4.80. The molecule has 0 aliphatic rings. The van der Waals surface area contributed by atoms with Crippen molar-refractivity contribution >= 4 is 5.69 Å². The van der Waals surface area contributed by atoms with E-state index >= 15 is 0 Å². The predicted octanol–water partition coefficient (Wildman–Crippen LogP) is 2.42. The summed E-state index contributed by atoms with van der Waals surface area (Å²) in [7, 11) is 1.66. The fraction of sp³-hybridized carbons (Fsp3) is 0.0625. The van der Waals surface area contributed by atoms with E-state index in [4.69, 9.17) is 0 Å². The van der Waals surface area contributed by atoms with Crippen LogP contribution in [0.25, 0.3) is 22.5 Å². The number of nitrogens with zero attached hydrogens (tertiary/aromatic N) is 4. The average molecular weight is 308 g/mol. The van der Waals surface area contributed by atoms with E-state index in [2.05, 4.69) is 9.97 Å². The van der Waals surface area contributed by atoms with Crippen molar-refractivity contribution in [1.29, 1.82) is 0 Å². The van der Waals surface area contributed by atoms with Crippen LogP contribution in [0.15, 0.2) is 59.8 Å². The van der Waals surface area contributed by atoms with Crippen LogP contribution >= 0.6 is 0 Å². The van der Waals surface area contributed by atoms with E-state index < -0.39 is 4.92 Å². The molecule has 0 unspecified atom stereocenters. The molecule has 0 N–H and O–H groups in total. The van der Waals surface area contributed by atoms with Crippen LogP contribution in [0, 0.1) is 10.1 Å². The van der Waals surface area contributed by atoms with Gasteiger partial charge < -0.3 is 4.57 Å². The molecular weight excluding hydrogens is 296 g/mol. The lowest BCUT2D eigenvalue weighted by Crippen LogP contribution is -2.14. The van der Waals surface area contributed by atoms with Crippen LogP contribution in [-0.2, 0) is 7.05 Å². The fourth-order valence-corrected chi connectivity index (χ4v) is 2.24. The summed E-state index contributed by atoms with van der Waals surface area (Å²) < 4.78 is 1.46. The lowest BCUT2D eigenvalue weighted by molar-refractivity contribution is -0.384. The fourth-order valence-electron chi connectivity index (χ4n) is 2.24. The van der Waals surface area contributed by atoms with Gasteiger partial charge >= 0.3 is 0 Å². The topological polar surface area (TPSA) is 90.9 Å². The molecule has 0 bridgehead atoms. The summed E-state index contributed by atoms with van der Waals surface area (Å²) in [5, 5.41) is 10.8. The Bertz CT molecular complexity index is 933. The van der Waals surface area contributed by atoms with E-state index in [1.807, 2.05) is 0 Å². The number of aromatic nitrogens is 3.